The maximum Gasteiger partial charge on any atom is 0.112 e. The largest absolute Gasteiger partial charge is 0.374 e. The van der Waals surface area contributed by atoms with Crippen molar-refractivity contribution in [3.05, 3.63) is 0 Å². The van der Waals surface area contributed by atoms with Gasteiger partial charge >= 0.3 is 0 Å². The molecule has 2 nitrogen and oxygen atoms in total. The molecule has 0 aliphatic rings. The minimum absolute atomic E-state index is 0.537. The van der Waals surface area contributed by atoms with E-state index in [1.807, 2.05) is 0 Å². The van der Waals surface area contributed by atoms with E-state index in [2.05, 4.69) is 20.8 Å². The summed E-state index contributed by atoms with van der Waals surface area (Å²) in [4.78, 5) is 0. The highest BCUT2D eigenvalue weighted by Crippen LogP contribution is 2.47. The van der Waals surface area contributed by atoms with Crippen LogP contribution in [0.5, 0.6) is 0 Å². The summed E-state index contributed by atoms with van der Waals surface area (Å²) in [6.45, 7) is 7.46. The first-order valence-electron chi connectivity index (χ1n) is 9.83. The Morgan fingerprint density at radius 1 is 0.636 bits per heavy atom. The van der Waals surface area contributed by atoms with Crippen LogP contribution in [0.3, 0.4) is 0 Å². The molecule has 0 unspecified atom stereocenters. The molecule has 0 saturated heterocycles. The van der Waals surface area contributed by atoms with E-state index in [-0.39, 0.29) is 0 Å². The van der Waals surface area contributed by atoms with Gasteiger partial charge in [0.25, 0.3) is 0 Å². The van der Waals surface area contributed by atoms with Gasteiger partial charge in [0.2, 0.25) is 0 Å². The van der Waals surface area contributed by atoms with Crippen LogP contribution in [0.4, 0.5) is 0 Å². The summed E-state index contributed by atoms with van der Waals surface area (Å²) in [7, 11) is -2.07. The molecular formula is C19H41O2P. The van der Waals surface area contributed by atoms with E-state index >= 15 is 0 Å². The summed E-state index contributed by atoms with van der Waals surface area (Å²) >= 11 is 0. The molecule has 0 atom stereocenters. The number of rotatable bonds is 17. The molecule has 0 bridgehead atoms. The summed E-state index contributed by atoms with van der Waals surface area (Å²) in [5.74, 6) is 0. The molecule has 0 amide bonds. The van der Waals surface area contributed by atoms with Gasteiger partial charge in [0, 0.05) is 18.9 Å². The molecule has 0 heterocycles. The van der Waals surface area contributed by atoms with Crippen LogP contribution in [0.2, 0.25) is 0 Å². The van der Waals surface area contributed by atoms with Crippen molar-refractivity contribution in [2.24, 2.45) is 0 Å². The molecule has 0 aromatic carbocycles. The predicted octanol–water partition coefficient (Wildman–Crippen LogP) is 7.06. The van der Waals surface area contributed by atoms with Crippen LogP contribution in [0.25, 0.3) is 0 Å². The number of ether oxygens (including phenoxy) is 1. The normalized spacial score (nSPS) is 12.0. The highest BCUT2D eigenvalue weighted by atomic mass is 31.2. The van der Waals surface area contributed by atoms with Crippen molar-refractivity contribution in [3.8, 4) is 0 Å². The average molecular weight is 333 g/mol. The Kier molecular flexibility index (Phi) is 16.2. The third kappa shape index (κ3) is 13.8. The molecule has 3 heteroatoms. The van der Waals surface area contributed by atoms with Gasteiger partial charge in [-0.05, 0) is 19.3 Å². The highest BCUT2D eigenvalue weighted by Gasteiger charge is 2.21. The highest BCUT2D eigenvalue weighted by molar-refractivity contribution is 7.63. The minimum atomic E-state index is -2.07. The van der Waals surface area contributed by atoms with E-state index in [9.17, 15) is 4.57 Å². The van der Waals surface area contributed by atoms with E-state index in [0.29, 0.717) is 6.35 Å². The summed E-state index contributed by atoms with van der Waals surface area (Å²) in [5, 5.41) is 0. The lowest BCUT2D eigenvalue weighted by atomic mass is 10.1. The molecule has 0 aliphatic heterocycles. The molecule has 0 spiro atoms. The second-order valence-electron chi connectivity index (χ2n) is 6.72. The van der Waals surface area contributed by atoms with Crippen molar-refractivity contribution in [1.29, 1.82) is 0 Å². The van der Waals surface area contributed by atoms with Crippen LogP contribution in [0.1, 0.15) is 97.8 Å². The summed E-state index contributed by atoms with van der Waals surface area (Å²) in [5.41, 5.74) is 0. The van der Waals surface area contributed by atoms with Crippen molar-refractivity contribution in [3.63, 3.8) is 0 Å². The quantitative estimate of drug-likeness (QED) is 0.210. The fraction of sp³-hybridized carbons (Fsp3) is 1.00. The van der Waals surface area contributed by atoms with E-state index in [0.717, 1.165) is 38.2 Å². The minimum Gasteiger partial charge on any atom is -0.374 e. The van der Waals surface area contributed by atoms with Gasteiger partial charge in [-0.3, -0.25) is 0 Å². The Balaban J connectivity index is 3.83. The van der Waals surface area contributed by atoms with Crippen molar-refractivity contribution < 1.29 is 9.30 Å². The van der Waals surface area contributed by atoms with E-state index in [1.165, 1.54) is 57.8 Å². The van der Waals surface area contributed by atoms with E-state index < -0.39 is 7.14 Å². The maximum absolute atomic E-state index is 13.0. The molecule has 0 fully saturated rings. The van der Waals surface area contributed by atoms with E-state index in [1.54, 1.807) is 0 Å². The zero-order valence-corrected chi connectivity index (χ0v) is 16.5. The summed E-state index contributed by atoms with van der Waals surface area (Å²) in [6, 6.07) is 0. The van der Waals surface area contributed by atoms with Crippen LogP contribution in [-0.4, -0.2) is 25.3 Å². The molecule has 22 heavy (non-hydrogen) atoms. The van der Waals surface area contributed by atoms with Gasteiger partial charge in [-0.2, -0.15) is 0 Å². The van der Waals surface area contributed by atoms with Gasteiger partial charge in [0.1, 0.15) is 7.14 Å². The molecule has 0 saturated carbocycles. The zero-order valence-electron chi connectivity index (χ0n) is 15.6. The second kappa shape index (κ2) is 16.1. The third-order valence-electron chi connectivity index (χ3n) is 4.31. The van der Waals surface area contributed by atoms with Crippen molar-refractivity contribution in [2.75, 3.05) is 25.3 Å². The van der Waals surface area contributed by atoms with Crippen molar-refractivity contribution in [2.45, 2.75) is 97.8 Å². The lowest BCUT2D eigenvalue weighted by Gasteiger charge is -2.18. The molecule has 0 N–H and O–H groups in total. The molecule has 0 radical (unpaired) electrons. The van der Waals surface area contributed by atoms with Gasteiger partial charge in [-0.1, -0.05) is 78.6 Å². The smallest absolute Gasteiger partial charge is 0.112 e. The first kappa shape index (κ1) is 22.2. The van der Waals surface area contributed by atoms with Gasteiger partial charge in [-0.15, -0.1) is 0 Å². The predicted molar refractivity (Wildman–Crippen MR) is 101 cm³/mol. The van der Waals surface area contributed by atoms with Crippen LogP contribution in [-0.2, 0) is 9.30 Å². The Morgan fingerprint density at radius 2 is 1.09 bits per heavy atom. The zero-order chi connectivity index (χ0) is 16.5. The average Bonchev–Trinajstić information content (AvgIpc) is 2.51. The second-order valence-corrected chi connectivity index (χ2v) is 9.99. The lowest BCUT2D eigenvalue weighted by Crippen LogP contribution is -2.05. The van der Waals surface area contributed by atoms with E-state index in [4.69, 9.17) is 4.74 Å². The Labute approximate surface area is 140 Å². The molecular weight excluding hydrogens is 291 g/mol. The van der Waals surface area contributed by atoms with Gasteiger partial charge < -0.3 is 9.30 Å². The fourth-order valence-corrected chi connectivity index (χ4v) is 5.30. The Hall–Kier alpha value is 0.190. The fourth-order valence-electron chi connectivity index (χ4n) is 2.76. The van der Waals surface area contributed by atoms with Crippen molar-refractivity contribution in [1.82, 2.24) is 0 Å². The molecule has 0 aromatic heterocycles. The standard InChI is InChI=1S/C19H41O2P/c1-4-7-10-11-12-13-16-21-19-22(20,17-14-8-5-2)18-15-9-6-3/h4-19H2,1-3H3. The number of hydrogen-bond acceptors (Lipinski definition) is 2. The molecule has 0 aromatic rings. The molecule has 0 rings (SSSR count). The number of unbranched alkanes of at least 4 members (excludes halogenated alkanes) is 9. The summed E-state index contributed by atoms with van der Waals surface area (Å²) < 4.78 is 18.8. The number of hydrogen-bond donors (Lipinski definition) is 0. The van der Waals surface area contributed by atoms with Gasteiger partial charge in [0.05, 0.1) is 6.35 Å². The van der Waals surface area contributed by atoms with Crippen LogP contribution in [0, 0.1) is 0 Å². The van der Waals surface area contributed by atoms with Gasteiger partial charge in [0.15, 0.2) is 0 Å². The Morgan fingerprint density at radius 3 is 1.64 bits per heavy atom. The lowest BCUT2D eigenvalue weighted by molar-refractivity contribution is 0.169. The third-order valence-corrected chi connectivity index (χ3v) is 7.22. The molecule has 134 valence electrons. The monoisotopic (exact) mass is 332 g/mol. The first-order chi connectivity index (χ1) is 10.7. The van der Waals surface area contributed by atoms with Crippen LogP contribution < -0.4 is 0 Å². The van der Waals surface area contributed by atoms with Gasteiger partial charge in [-0.25, -0.2) is 0 Å². The topological polar surface area (TPSA) is 26.3 Å². The van der Waals surface area contributed by atoms with Crippen LogP contribution in [0.15, 0.2) is 0 Å². The Bertz CT molecular complexity index is 252. The summed E-state index contributed by atoms with van der Waals surface area (Å²) in [6.07, 6.45) is 17.1. The maximum atomic E-state index is 13.0. The van der Waals surface area contributed by atoms with Crippen LogP contribution >= 0.6 is 7.14 Å². The first-order valence-corrected chi connectivity index (χ1v) is 12.1. The SMILES string of the molecule is CCCCCCCCOCP(=O)(CCCCC)CCCCC. The van der Waals surface area contributed by atoms with Crippen molar-refractivity contribution >= 4 is 7.14 Å². The molecule has 0 aliphatic carbocycles.